The van der Waals surface area contributed by atoms with E-state index >= 15 is 4.11 Å². The Bertz CT molecular complexity index is 1680. The van der Waals surface area contributed by atoms with Gasteiger partial charge in [-0.15, -0.1) is 0 Å². The Labute approximate surface area is 210 Å². The lowest BCUT2D eigenvalue weighted by Crippen LogP contribution is -2.64. The van der Waals surface area contributed by atoms with Gasteiger partial charge in [0.15, 0.2) is 0 Å². The molecule has 0 aromatic heterocycles. The lowest BCUT2D eigenvalue weighted by Gasteiger charge is -2.29. The van der Waals surface area contributed by atoms with Crippen LogP contribution in [0, 0.1) is 0 Å². The van der Waals surface area contributed by atoms with E-state index in [1.165, 1.54) is 0 Å². The molecule has 0 heterocycles. The van der Waals surface area contributed by atoms with Crippen molar-refractivity contribution in [2.45, 2.75) is 0 Å². The first-order valence-electron chi connectivity index (χ1n) is 12.3. The molecule has 0 unspecified atom stereocenters. The van der Waals surface area contributed by atoms with Crippen LogP contribution < -0.4 is 15.6 Å². The van der Waals surface area contributed by atoms with Crippen molar-refractivity contribution < 1.29 is 4.11 Å². The Morgan fingerprint density at radius 3 is 1.03 bits per heavy atom. The number of benzene rings is 7. The van der Waals surface area contributed by atoms with Gasteiger partial charge in [0.1, 0.15) is 0 Å². The predicted molar refractivity (Wildman–Crippen MR) is 155 cm³/mol. The minimum absolute atomic E-state index is 0.771. The van der Waals surface area contributed by atoms with Gasteiger partial charge in [0, 0.05) is 0 Å². The van der Waals surface area contributed by atoms with Gasteiger partial charge in [-0.25, -0.2) is 0 Å². The smallest absolute Gasteiger partial charge is 0.296 e. The van der Waals surface area contributed by atoms with Gasteiger partial charge in [-0.1, -0.05) is 127 Å². The Morgan fingerprint density at radius 2 is 0.667 bits per heavy atom. The van der Waals surface area contributed by atoms with Crippen LogP contribution in [0.5, 0.6) is 0 Å². The first kappa shape index (κ1) is 21.0. The predicted octanol–water partition coefficient (Wildman–Crippen LogP) is 7.24. The summed E-state index contributed by atoms with van der Waals surface area (Å²) in [6, 6.07) is 47.3. The van der Waals surface area contributed by atoms with Crippen LogP contribution >= 0.6 is 0 Å². The molecule has 0 nitrogen and oxygen atoms in total. The van der Waals surface area contributed by atoms with Crippen molar-refractivity contribution in [3.05, 3.63) is 140 Å². The average molecular weight is 479 g/mol. The first-order chi connectivity index (χ1) is 17.7. The van der Waals surface area contributed by atoms with Gasteiger partial charge in [-0.05, 0) is 70.8 Å². The molecule has 0 radical (unpaired) electrons. The van der Waals surface area contributed by atoms with Crippen LogP contribution in [0.4, 0.5) is 4.11 Å². The van der Waals surface area contributed by atoms with E-state index in [0.29, 0.717) is 0 Å². The molecule has 0 amide bonds. The zero-order valence-corrected chi connectivity index (χ0v) is 20.7. The van der Waals surface area contributed by atoms with E-state index in [2.05, 4.69) is 60.7 Å². The van der Waals surface area contributed by atoms with E-state index in [9.17, 15) is 0 Å². The van der Waals surface area contributed by atoms with E-state index in [-0.39, 0.29) is 0 Å². The maximum Gasteiger partial charge on any atom is 0.341 e. The van der Waals surface area contributed by atoms with E-state index in [4.69, 9.17) is 0 Å². The van der Waals surface area contributed by atoms with Crippen LogP contribution in [-0.4, -0.2) is 8.41 Å². The third-order valence-corrected chi connectivity index (χ3v) is 11.0. The molecule has 0 saturated carbocycles. The number of halogens is 1. The fraction of sp³-hybridized carbons (Fsp3) is 0. The summed E-state index contributed by atoms with van der Waals surface area (Å²) in [6.07, 6.45) is 0. The third kappa shape index (κ3) is 3.05. The Kier molecular flexibility index (Phi) is 4.76. The monoisotopic (exact) mass is 478 g/mol. The Balaban J connectivity index is 1.78. The van der Waals surface area contributed by atoms with Crippen LogP contribution in [0.3, 0.4) is 0 Å². The van der Waals surface area contributed by atoms with Gasteiger partial charge >= 0.3 is 8.41 Å². The van der Waals surface area contributed by atoms with Crippen molar-refractivity contribution in [1.29, 1.82) is 0 Å². The molecular formula is C34H23FSi. The molecule has 0 aliphatic rings. The van der Waals surface area contributed by atoms with E-state index in [1.807, 2.05) is 78.9 Å². The summed E-state index contributed by atoms with van der Waals surface area (Å²) in [4.78, 5) is 0. The lowest BCUT2D eigenvalue weighted by atomic mass is 10.0. The largest absolute Gasteiger partial charge is 0.341 e. The van der Waals surface area contributed by atoms with Crippen molar-refractivity contribution in [3.8, 4) is 0 Å². The van der Waals surface area contributed by atoms with E-state index in [0.717, 1.165) is 58.6 Å². The summed E-state index contributed by atoms with van der Waals surface area (Å²) in [5.74, 6) is 0. The number of hydrogen-bond acceptors (Lipinski definition) is 0. The second kappa shape index (κ2) is 8.15. The molecule has 0 atom stereocenters. The third-order valence-electron chi connectivity index (χ3n) is 7.40. The molecular weight excluding hydrogens is 455 g/mol. The van der Waals surface area contributed by atoms with Crippen LogP contribution in [0.25, 0.3) is 43.1 Å². The molecule has 7 aromatic rings. The van der Waals surface area contributed by atoms with Crippen LogP contribution in [0.2, 0.25) is 0 Å². The SMILES string of the molecule is F[Si](c1ccccc1)(c1c2ccccc2cc2ccccc12)c1c2ccccc2cc2ccccc12. The van der Waals surface area contributed by atoms with Crippen molar-refractivity contribution >= 4 is 67.1 Å². The molecule has 2 heteroatoms. The molecule has 0 bridgehead atoms. The fourth-order valence-corrected chi connectivity index (χ4v) is 9.73. The molecule has 0 aliphatic carbocycles. The summed E-state index contributed by atoms with van der Waals surface area (Å²) < 4.78 is 19.0. The molecule has 36 heavy (non-hydrogen) atoms. The molecule has 7 rings (SSSR count). The van der Waals surface area contributed by atoms with E-state index < -0.39 is 8.41 Å². The van der Waals surface area contributed by atoms with Gasteiger partial charge in [-0.3, -0.25) is 4.11 Å². The maximum absolute atomic E-state index is 19.0. The van der Waals surface area contributed by atoms with Crippen molar-refractivity contribution in [1.82, 2.24) is 0 Å². The average Bonchev–Trinajstić information content (AvgIpc) is 2.94. The molecule has 0 fully saturated rings. The van der Waals surface area contributed by atoms with Crippen LogP contribution in [-0.2, 0) is 0 Å². The topological polar surface area (TPSA) is 0 Å². The van der Waals surface area contributed by atoms with Crippen molar-refractivity contribution in [2.24, 2.45) is 0 Å². The fourth-order valence-electron chi connectivity index (χ4n) is 5.85. The highest BCUT2D eigenvalue weighted by atomic mass is 28.4. The van der Waals surface area contributed by atoms with Crippen LogP contribution in [0.15, 0.2) is 140 Å². The Morgan fingerprint density at radius 1 is 0.361 bits per heavy atom. The highest BCUT2D eigenvalue weighted by molar-refractivity contribution is 7.11. The molecule has 0 spiro atoms. The molecule has 170 valence electrons. The first-order valence-corrected chi connectivity index (χ1v) is 14.2. The molecule has 7 aromatic carbocycles. The summed E-state index contributed by atoms with van der Waals surface area (Å²) in [5.41, 5.74) is 0. The van der Waals surface area contributed by atoms with Gasteiger partial charge in [0.25, 0.3) is 0 Å². The zero-order chi connectivity index (χ0) is 24.1. The van der Waals surface area contributed by atoms with Gasteiger partial charge in [0.2, 0.25) is 0 Å². The van der Waals surface area contributed by atoms with Gasteiger partial charge in [-0.2, -0.15) is 0 Å². The molecule has 0 N–H and O–H groups in total. The van der Waals surface area contributed by atoms with Crippen molar-refractivity contribution in [2.75, 3.05) is 0 Å². The van der Waals surface area contributed by atoms with Gasteiger partial charge in [0.05, 0.1) is 0 Å². The second-order valence-electron chi connectivity index (χ2n) is 9.41. The lowest BCUT2D eigenvalue weighted by molar-refractivity contribution is 0.845. The highest BCUT2D eigenvalue weighted by Gasteiger charge is 2.46. The highest BCUT2D eigenvalue weighted by Crippen LogP contribution is 2.30. The summed E-state index contributed by atoms with van der Waals surface area (Å²) in [5, 5.41) is 10.7. The molecule has 0 aliphatic heterocycles. The summed E-state index contributed by atoms with van der Waals surface area (Å²) in [6.45, 7) is 0. The minimum Gasteiger partial charge on any atom is -0.296 e. The van der Waals surface area contributed by atoms with Crippen LogP contribution in [0.1, 0.15) is 0 Å². The summed E-state index contributed by atoms with van der Waals surface area (Å²) in [7, 11) is -4.04. The zero-order valence-electron chi connectivity index (χ0n) is 19.7. The number of hydrogen-bond donors (Lipinski definition) is 0. The van der Waals surface area contributed by atoms with Crippen molar-refractivity contribution in [3.63, 3.8) is 0 Å². The summed E-state index contributed by atoms with van der Waals surface area (Å²) >= 11 is 0. The van der Waals surface area contributed by atoms with E-state index in [1.54, 1.807) is 0 Å². The van der Waals surface area contributed by atoms with Gasteiger partial charge < -0.3 is 0 Å². The Hall–Kier alpha value is -4.27. The number of rotatable bonds is 3. The standard InChI is InChI=1S/C34H23FSi/c35-36(28-16-2-1-3-17-28,33-29-18-8-4-12-24(29)22-25-13-5-9-19-30(25)33)34-31-20-10-6-14-26(31)23-27-15-7-11-21-32(27)34/h1-23H. The number of fused-ring (bicyclic) bond motifs is 4. The minimum atomic E-state index is -4.04. The quantitative estimate of drug-likeness (QED) is 0.109. The second-order valence-corrected chi connectivity index (χ2v) is 12.3. The maximum atomic E-state index is 19.0. The molecule has 0 saturated heterocycles. The normalized spacial score (nSPS) is 12.0.